The molecule has 2 rings (SSSR count). The summed E-state index contributed by atoms with van der Waals surface area (Å²) in [4.78, 5) is 14.9. The van der Waals surface area contributed by atoms with Gasteiger partial charge in [-0.25, -0.2) is 4.79 Å². The molecule has 1 heterocycles. The van der Waals surface area contributed by atoms with E-state index < -0.39 is 5.97 Å². The van der Waals surface area contributed by atoms with Gasteiger partial charge in [-0.05, 0) is 31.2 Å². The van der Waals surface area contributed by atoms with E-state index in [0.717, 1.165) is 5.69 Å². The van der Waals surface area contributed by atoms with E-state index in [-0.39, 0.29) is 5.56 Å². The Balaban J connectivity index is 1.88. The summed E-state index contributed by atoms with van der Waals surface area (Å²) in [5, 5.41) is 13.0. The van der Waals surface area contributed by atoms with Crippen LogP contribution in [0.4, 0.5) is 0 Å². The first-order chi connectivity index (χ1) is 8.70. The third kappa shape index (κ3) is 3.23. The molecule has 0 aliphatic heterocycles. The minimum Gasteiger partial charge on any atom is -0.478 e. The average Bonchev–Trinajstić information content (AvgIpc) is 2.84. The molecule has 1 fully saturated rings. The number of hydrogen-bond donors (Lipinski definition) is 2. The molecule has 1 saturated carbocycles. The summed E-state index contributed by atoms with van der Waals surface area (Å²) in [5.74, 6) is -0.930. The van der Waals surface area contributed by atoms with Crippen molar-refractivity contribution in [1.29, 1.82) is 0 Å². The Morgan fingerprint density at radius 2 is 2.39 bits per heavy atom. The van der Waals surface area contributed by atoms with E-state index in [1.54, 1.807) is 12.1 Å². The Hall–Kier alpha value is -1.07. The number of nitrogens with one attached hydrogen (secondary N) is 1. The molecular weight excluding hydrogens is 248 g/mol. The first-order valence-corrected chi connectivity index (χ1v) is 7.44. The van der Waals surface area contributed by atoms with Crippen molar-refractivity contribution < 1.29 is 9.90 Å². The van der Waals surface area contributed by atoms with Gasteiger partial charge in [0.2, 0.25) is 0 Å². The zero-order chi connectivity index (χ0) is 13.0. The quantitative estimate of drug-likeness (QED) is 0.855. The molecule has 0 bridgehead atoms. The van der Waals surface area contributed by atoms with Crippen molar-refractivity contribution >= 4 is 17.7 Å². The SMILES string of the molecule is CSC1CCCC1NCc1ccc(C(=O)O)cn1. The van der Waals surface area contributed by atoms with Crippen molar-refractivity contribution in [1.82, 2.24) is 10.3 Å². The van der Waals surface area contributed by atoms with Gasteiger partial charge in [-0.1, -0.05) is 6.42 Å². The van der Waals surface area contributed by atoms with Crippen molar-refractivity contribution in [3.8, 4) is 0 Å². The van der Waals surface area contributed by atoms with Crippen LogP contribution < -0.4 is 5.32 Å². The maximum atomic E-state index is 10.7. The van der Waals surface area contributed by atoms with Crippen LogP contribution in [0.1, 0.15) is 35.3 Å². The van der Waals surface area contributed by atoms with Crippen LogP contribution in [0.2, 0.25) is 0 Å². The van der Waals surface area contributed by atoms with E-state index in [2.05, 4.69) is 16.6 Å². The van der Waals surface area contributed by atoms with E-state index in [1.165, 1.54) is 25.5 Å². The lowest BCUT2D eigenvalue weighted by Crippen LogP contribution is -2.33. The van der Waals surface area contributed by atoms with E-state index in [4.69, 9.17) is 5.11 Å². The number of rotatable bonds is 5. The summed E-state index contributed by atoms with van der Waals surface area (Å²) in [6.07, 6.45) is 7.36. The van der Waals surface area contributed by atoms with E-state index in [0.29, 0.717) is 17.8 Å². The molecule has 98 valence electrons. The van der Waals surface area contributed by atoms with E-state index >= 15 is 0 Å². The summed E-state index contributed by atoms with van der Waals surface area (Å²) >= 11 is 1.92. The zero-order valence-corrected chi connectivity index (χ0v) is 11.2. The zero-order valence-electron chi connectivity index (χ0n) is 10.4. The molecule has 4 nitrogen and oxygen atoms in total. The maximum absolute atomic E-state index is 10.7. The van der Waals surface area contributed by atoms with Gasteiger partial charge in [0.25, 0.3) is 0 Å². The van der Waals surface area contributed by atoms with Crippen molar-refractivity contribution in [2.75, 3.05) is 6.26 Å². The fourth-order valence-corrected chi connectivity index (χ4v) is 3.30. The van der Waals surface area contributed by atoms with Crippen LogP contribution in [0.5, 0.6) is 0 Å². The van der Waals surface area contributed by atoms with Crippen LogP contribution in [0.15, 0.2) is 18.3 Å². The number of aromatic carboxylic acids is 1. The van der Waals surface area contributed by atoms with Gasteiger partial charge in [-0.15, -0.1) is 0 Å². The third-order valence-corrected chi connectivity index (χ3v) is 4.54. The highest BCUT2D eigenvalue weighted by molar-refractivity contribution is 7.99. The third-order valence-electron chi connectivity index (χ3n) is 3.37. The molecule has 0 aromatic carbocycles. The minimum atomic E-state index is -0.930. The van der Waals surface area contributed by atoms with E-state index in [1.807, 2.05) is 11.8 Å². The highest BCUT2D eigenvalue weighted by Gasteiger charge is 2.25. The van der Waals surface area contributed by atoms with Gasteiger partial charge in [0.05, 0.1) is 11.3 Å². The normalized spacial score (nSPS) is 23.2. The standard InChI is InChI=1S/C13H18N2O2S/c1-18-12-4-2-3-11(12)15-8-10-6-5-9(7-14-10)13(16)17/h5-7,11-12,15H,2-4,8H2,1H3,(H,16,17). The van der Waals surface area contributed by atoms with Gasteiger partial charge in [-0.3, -0.25) is 4.98 Å². The second-order valence-electron chi connectivity index (χ2n) is 4.54. The van der Waals surface area contributed by atoms with Gasteiger partial charge < -0.3 is 10.4 Å². The van der Waals surface area contributed by atoms with Crippen molar-refractivity contribution in [2.45, 2.75) is 37.1 Å². The summed E-state index contributed by atoms with van der Waals surface area (Å²) in [5.41, 5.74) is 1.13. The van der Waals surface area contributed by atoms with Crippen molar-refractivity contribution in [2.24, 2.45) is 0 Å². The molecule has 0 amide bonds. The predicted octanol–water partition coefficient (Wildman–Crippen LogP) is 2.15. The number of carboxylic acids is 1. The number of pyridine rings is 1. The lowest BCUT2D eigenvalue weighted by atomic mass is 10.2. The number of hydrogen-bond acceptors (Lipinski definition) is 4. The highest BCUT2D eigenvalue weighted by Crippen LogP contribution is 2.28. The van der Waals surface area contributed by atoms with Crippen molar-refractivity contribution in [3.63, 3.8) is 0 Å². The van der Waals surface area contributed by atoms with Crippen LogP contribution in [0, 0.1) is 0 Å². The lowest BCUT2D eigenvalue weighted by Gasteiger charge is -2.18. The molecule has 18 heavy (non-hydrogen) atoms. The summed E-state index contributed by atoms with van der Waals surface area (Å²) in [6, 6.07) is 3.94. The smallest absolute Gasteiger partial charge is 0.337 e. The second-order valence-corrected chi connectivity index (χ2v) is 5.61. The molecule has 2 atom stereocenters. The van der Waals surface area contributed by atoms with Crippen LogP contribution in [-0.2, 0) is 6.54 Å². The topological polar surface area (TPSA) is 62.2 Å². The highest BCUT2D eigenvalue weighted by atomic mass is 32.2. The fraction of sp³-hybridized carbons (Fsp3) is 0.538. The second kappa shape index (κ2) is 6.20. The average molecular weight is 266 g/mol. The van der Waals surface area contributed by atoms with Gasteiger partial charge in [0.1, 0.15) is 0 Å². The molecule has 5 heteroatoms. The number of thioether (sulfide) groups is 1. The van der Waals surface area contributed by atoms with Crippen molar-refractivity contribution in [3.05, 3.63) is 29.6 Å². The predicted molar refractivity (Wildman–Crippen MR) is 73.0 cm³/mol. The Morgan fingerprint density at radius 3 is 3.00 bits per heavy atom. The Morgan fingerprint density at radius 1 is 1.56 bits per heavy atom. The van der Waals surface area contributed by atoms with Crippen LogP contribution in [0.25, 0.3) is 0 Å². The van der Waals surface area contributed by atoms with Gasteiger partial charge in [0, 0.05) is 24.0 Å². The van der Waals surface area contributed by atoms with E-state index in [9.17, 15) is 4.79 Å². The summed E-state index contributed by atoms with van der Waals surface area (Å²) in [7, 11) is 0. The van der Waals surface area contributed by atoms with Crippen LogP contribution >= 0.6 is 11.8 Å². The van der Waals surface area contributed by atoms with Gasteiger partial charge in [0.15, 0.2) is 0 Å². The molecule has 0 spiro atoms. The number of carboxylic acid groups (broad SMARTS) is 1. The molecule has 1 aromatic heterocycles. The Bertz CT molecular complexity index is 408. The fourth-order valence-electron chi connectivity index (χ4n) is 2.33. The first-order valence-electron chi connectivity index (χ1n) is 6.15. The number of nitrogens with zero attached hydrogens (tertiary/aromatic N) is 1. The molecule has 2 unspecified atom stereocenters. The van der Waals surface area contributed by atoms with Gasteiger partial charge >= 0.3 is 5.97 Å². The Kier molecular flexibility index (Phi) is 4.60. The monoisotopic (exact) mass is 266 g/mol. The largest absolute Gasteiger partial charge is 0.478 e. The van der Waals surface area contributed by atoms with Crippen LogP contribution in [-0.4, -0.2) is 33.6 Å². The molecule has 1 aliphatic carbocycles. The summed E-state index contributed by atoms with van der Waals surface area (Å²) in [6.45, 7) is 0.710. The molecule has 1 aliphatic rings. The minimum absolute atomic E-state index is 0.238. The molecule has 0 saturated heterocycles. The lowest BCUT2D eigenvalue weighted by molar-refractivity contribution is 0.0696. The summed E-state index contributed by atoms with van der Waals surface area (Å²) < 4.78 is 0. The van der Waals surface area contributed by atoms with Gasteiger partial charge in [-0.2, -0.15) is 11.8 Å². The maximum Gasteiger partial charge on any atom is 0.337 e. The molecule has 2 N–H and O–H groups in total. The first kappa shape index (κ1) is 13.4. The number of aromatic nitrogens is 1. The van der Waals surface area contributed by atoms with Crippen LogP contribution in [0.3, 0.4) is 0 Å². The molecule has 0 radical (unpaired) electrons. The molecular formula is C13H18N2O2S. The number of carbonyl (C=O) groups is 1. The molecule has 1 aromatic rings. The Labute approximate surface area is 111 Å².